The normalized spacial score (nSPS) is 13.6. The Morgan fingerprint density at radius 1 is 1.28 bits per heavy atom. The van der Waals surface area contributed by atoms with Gasteiger partial charge in [-0.2, -0.15) is 0 Å². The molecule has 162 valence electrons. The summed E-state index contributed by atoms with van der Waals surface area (Å²) in [7, 11) is 3.87. The standard InChI is InChI=1S/C22H35N5O.HI/c1-4-5-6-7-8-14-26(3)21(23-2)24-18-19-12-11-13-20(17-19)25-22(28)27-15-9-10-16-27;/h4,11-13,17H,1,5-10,14-16,18H2,2-3H3,(H,23,24)(H,25,28);1H. The zero-order valence-electron chi connectivity index (χ0n) is 17.8. The van der Waals surface area contributed by atoms with Gasteiger partial charge in [-0.3, -0.25) is 4.99 Å². The van der Waals surface area contributed by atoms with E-state index in [2.05, 4.69) is 40.2 Å². The summed E-state index contributed by atoms with van der Waals surface area (Å²) in [6.45, 7) is 7.11. The monoisotopic (exact) mass is 513 g/mol. The fourth-order valence-electron chi connectivity index (χ4n) is 3.37. The van der Waals surface area contributed by atoms with E-state index in [4.69, 9.17) is 0 Å². The van der Waals surface area contributed by atoms with Gasteiger partial charge in [-0.05, 0) is 49.8 Å². The lowest BCUT2D eigenvalue weighted by molar-refractivity contribution is 0.222. The third-order valence-corrected chi connectivity index (χ3v) is 5.00. The first-order chi connectivity index (χ1) is 13.6. The van der Waals surface area contributed by atoms with Gasteiger partial charge in [0.05, 0.1) is 0 Å². The third-order valence-electron chi connectivity index (χ3n) is 5.00. The Bertz CT molecular complexity index is 658. The molecule has 0 saturated carbocycles. The van der Waals surface area contributed by atoms with Crippen LogP contribution < -0.4 is 10.6 Å². The van der Waals surface area contributed by atoms with Crippen LogP contribution in [0.15, 0.2) is 41.9 Å². The van der Waals surface area contributed by atoms with Crippen LogP contribution in [0, 0.1) is 0 Å². The molecule has 1 aromatic rings. The highest BCUT2D eigenvalue weighted by Gasteiger charge is 2.17. The molecular weight excluding hydrogens is 477 g/mol. The molecule has 7 heteroatoms. The largest absolute Gasteiger partial charge is 0.352 e. The second-order valence-electron chi connectivity index (χ2n) is 7.29. The van der Waals surface area contributed by atoms with Crippen molar-refractivity contribution in [3.8, 4) is 0 Å². The van der Waals surface area contributed by atoms with Crippen LogP contribution in [0.1, 0.15) is 44.1 Å². The molecule has 1 aromatic carbocycles. The molecule has 29 heavy (non-hydrogen) atoms. The lowest BCUT2D eigenvalue weighted by Crippen LogP contribution is -2.39. The van der Waals surface area contributed by atoms with E-state index >= 15 is 0 Å². The van der Waals surface area contributed by atoms with Gasteiger partial charge in [0.25, 0.3) is 0 Å². The van der Waals surface area contributed by atoms with Crippen molar-refractivity contribution in [3.63, 3.8) is 0 Å². The molecule has 1 aliphatic heterocycles. The van der Waals surface area contributed by atoms with E-state index in [1.54, 1.807) is 0 Å². The van der Waals surface area contributed by atoms with Crippen LogP contribution in [0.5, 0.6) is 0 Å². The second kappa shape index (κ2) is 14.3. The number of anilines is 1. The molecule has 1 saturated heterocycles. The number of halogens is 1. The van der Waals surface area contributed by atoms with Gasteiger partial charge in [0, 0.05) is 46.0 Å². The Morgan fingerprint density at radius 2 is 2.03 bits per heavy atom. The van der Waals surface area contributed by atoms with Crippen molar-refractivity contribution < 1.29 is 4.79 Å². The number of hydrogen-bond acceptors (Lipinski definition) is 2. The van der Waals surface area contributed by atoms with Crippen LogP contribution in [0.4, 0.5) is 10.5 Å². The van der Waals surface area contributed by atoms with Crippen LogP contribution >= 0.6 is 24.0 Å². The molecule has 0 radical (unpaired) electrons. The Morgan fingerprint density at radius 3 is 2.72 bits per heavy atom. The van der Waals surface area contributed by atoms with Crippen molar-refractivity contribution in [3.05, 3.63) is 42.5 Å². The Balaban J connectivity index is 0.00000420. The molecule has 6 nitrogen and oxygen atoms in total. The maximum absolute atomic E-state index is 12.3. The van der Waals surface area contributed by atoms with Gasteiger partial charge < -0.3 is 20.4 Å². The van der Waals surface area contributed by atoms with E-state index in [1.807, 2.05) is 36.2 Å². The van der Waals surface area contributed by atoms with E-state index < -0.39 is 0 Å². The van der Waals surface area contributed by atoms with E-state index in [9.17, 15) is 4.79 Å². The summed E-state index contributed by atoms with van der Waals surface area (Å²) in [6, 6.07) is 7.98. The average Bonchev–Trinajstić information content (AvgIpc) is 3.23. The number of benzene rings is 1. The molecule has 2 N–H and O–H groups in total. The van der Waals surface area contributed by atoms with Crippen LogP contribution in [-0.2, 0) is 6.54 Å². The Kier molecular flexibility index (Phi) is 12.4. The number of amides is 2. The second-order valence-corrected chi connectivity index (χ2v) is 7.29. The zero-order chi connectivity index (χ0) is 20.2. The average molecular weight is 513 g/mol. The van der Waals surface area contributed by atoms with Crippen molar-refractivity contribution in [2.75, 3.05) is 39.0 Å². The number of nitrogens with one attached hydrogen (secondary N) is 2. The summed E-state index contributed by atoms with van der Waals surface area (Å²) in [5.74, 6) is 0.884. The summed E-state index contributed by atoms with van der Waals surface area (Å²) in [6.07, 6.45) is 8.79. The quantitative estimate of drug-likeness (QED) is 0.166. The number of guanidine groups is 1. The molecule has 0 unspecified atom stereocenters. The number of rotatable bonds is 9. The maximum Gasteiger partial charge on any atom is 0.321 e. The van der Waals surface area contributed by atoms with Crippen molar-refractivity contribution in [1.29, 1.82) is 0 Å². The third kappa shape index (κ3) is 9.06. The highest BCUT2D eigenvalue weighted by molar-refractivity contribution is 14.0. The van der Waals surface area contributed by atoms with E-state index in [-0.39, 0.29) is 30.0 Å². The van der Waals surface area contributed by atoms with Gasteiger partial charge in [0.2, 0.25) is 0 Å². The maximum atomic E-state index is 12.3. The van der Waals surface area contributed by atoms with Gasteiger partial charge in [0.1, 0.15) is 0 Å². The minimum Gasteiger partial charge on any atom is -0.352 e. The number of likely N-dealkylation sites (tertiary alicyclic amines) is 1. The van der Waals surface area contributed by atoms with Gasteiger partial charge >= 0.3 is 6.03 Å². The van der Waals surface area contributed by atoms with Gasteiger partial charge in [-0.15, -0.1) is 30.6 Å². The van der Waals surface area contributed by atoms with Gasteiger partial charge in [0.15, 0.2) is 5.96 Å². The molecule has 2 amide bonds. The molecule has 2 rings (SSSR count). The van der Waals surface area contributed by atoms with Crippen LogP contribution in [0.2, 0.25) is 0 Å². The summed E-state index contributed by atoms with van der Waals surface area (Å²) in [5.41, 5.74) is 1.95. The zero-order valence-corrected chi connectivity index (χ0v) is 20.2. The van der Waals surface area contributed by atoms with Crippen LogP contribution in [0.25, 0.3) is 0 Å². The highest BCUT2D eigenvalue weighted by Crippen LogP contribution is 2.14. The molecule has 0 atom stereocenters. The molecule has 0 bridgehead atoms. The number of carbonyl (C=O) groups excluding carboxylic acids is 1. The first kappa shape index (κ1) is 25.3. The number of aliphatic imine (C=N–C) groups is 1. The van der Waals surface area contributed by atoms with Crippen molar-refractivity contribution in [2.24, 2.45) is 4.99 Å². The number of allylic oxidation sites excluding steroid dienone is 1. The molecule has 1 fully saturated rings. The minimum absolute atomic E-state index is 0. The lowest BCUT2D eigenvalue weighted by Gasteiger charge is -2.22. The van der Waals surface area contributed by atoms with Gasteiger partial charge in [-0.25, -0.2) is 4.79 Å². The predicted molar refractivity (Wildman–Crippen MR) is 133 cm³/mol. The first-order valence-electron chi connectivity index (χ1n) is 10.3. The summed E-state index contributed by atoms with van der Waals surface area (Å²) in [5, 5.41) is 6.41. The topological polar surface area (TPSA) is 60.0 Å². The smallest absolute Gasteiger partial charge is 0.321 e. The van der Waals surface area contributed by atoms with E-state index in [0.29, 0.717) is 6.54 Å². The SMILES string of the molecule is C=CCCCCCN(C)C(=NC)NCc1cccc(NC(=O)N2CCCC2)c1.I. The van der Waals surface area contributed by atoms with Crippen molar-refractivity contribution >= 4 is 41.7 Å². The van der Waals surface area contributed by atoms with E-state index in [1.165, 1.54) is 12.8 Å². The van der Waals surface area contributed by atoms with Crippen molar-refractivity contribution in [2.45, 2.75) is 45.1 Å². The lowest BCUT2D eigenvalue weighted by atomic mass is 10.2. The molecule has 0 aromatic heterocycles. The molecule has 1 aliphatic rings. The molecule has 0 spiro atoms. The summed E-state index contributed by atoms with van der Waals surface area (Å²) < 4.78 is 0. The molecule has 1 heterocycles. The number of nitrogens with zero attached hydrogens (tertiary/aromatic N) is 3. The Hall–Kier alpha value is -1.77. The Labute approximate surface area is 192 Å². The molecule has 0 aliphatic carbocycles. The number of hydrogen-bond donors (Lipinski definition) is 2. The fraction of sp³-hybridized carbons (Fsp3) is 0.545. The van der Waals surface area contributed by atoms with Gasteiger partial charge in [-0.1, -0.05) is 24.6 Å². The minimum atomic E-state index is -0.00499. The summed E-state index contributed by atoms with van der Waals surface area (Å²) in [4.78, 5) is 20.7. The van der Waals surface area contributed by atoms with Crippen LogP contribution in [-0.4, -0.2) is 55.5 Å². The van der Waals surface area contributed by atoms with Crippen LogP contribution in [0.3, 0.4) is 0 Å². The molecular formula is C22H36IN5O. The van der Waals surface area contributed by atoms with Crippen molar-refractivity contribution in [1.82, 2.24) is 15.1 Å². The predicted octanol–water partition coefficient (Wildman–Crippen LogP) is 4.69. The number of unbranched alkanes of at least 4 members (excludes halogenated alkanes) is 3. The number of carbonyl (C=O) groups is 1. The number of urea groups is 1. The summed E-state index contributed by atoms with van der Waals surface area (Å²) >= 11 is 0. The first-order valence-corrected chi connectivity index (χ1v) is 10.3. The van der Waals surface area contributed by atoms with E-state index in [0.717, 1.165) is 62.5 Å². The fourth-order valence-corrected chi connectivity index (χ4v) is 3.37. The highest BCUT2D eigenvalue weighted by atomic mass is 127.